The standard InChI is InChI=1S/C30H33F5N6O/c1-17(2)41-18(3)16-42-28-22(30(33,34)35)12-19(13-26(28)41)27-24(32)15-36-29(38-27)37-20-6-7-25(23(31)14-20)40-10-8-21(9-11-40)39(4)5/h6-7,12-15,17,21H,3,8-11,16H2,1-2,4-5H3,(H,36,37,38). The van der Waals surface area contributed by atoms with Gasteiger partial charge in [-0.2, -0.15) is 13.2 Å². The fourth-order valence-corrected chi connectivity index (χ4v) is 5.55. The summed E-state index contributed by atoms with van der Waals surface area (Å²) in [5.41, 5.74) is -0.128. The number of hydrogen-bond donors (Lipinski definition) is 1. The smallest absolute Gasteiger partial charge is 0.420 e. The quantitative estimate of drug-likeness (QED) is 0.317. The molecule has 0 spiro atoms. The summed E-state index contributed by atoms with van der Waals surface area (Å²) in [6.45, 7) is 8.88. The average molecular weight is 589 g/mol. The zero-order chi connectivity index (χ0) is 30.3. The van der Waals surface area contributed by atoms with Crippen molar-refractivity contribution in [3.05, 3.63) is 66.0 Å². The molecule has 224 valence electrons. The summed E-state index contributed by atoms with van der Waals surface area (Å²) in [5, 5.41) is 2.85. The van der Waals surface area contributed by atoms with E-state index in [9.17, 15) is 13.2 Å². The van der Waals surface area contributed by atoms with Gasteiger partial charge >= 0.3 is 6.18 Å². The van der Waals surface area contributed by atoms with E-state index >= 15 is 8.78 Å². The van der Waals surface area contributed by atoms with Crippen LogP contribution >= 0.6 is 0 Å². The Balaban J connectivity index is 1.45. The van der Waals surface area contributed by atoms with Crippen molar-refractivity contribution in [2.24, 2.45) is 0 Å². The summed E-state index contributed by atoms with van der Waals surface area (Å²) in [7, 11) is 4.08. The molecule has 3 heterocycles. The van der Waals surface area contributed by atoms with E-state index in [1.807, 2.05) is 32.8 Å². The molecule has 42 heavy (non-hydrogen) atoms. The van der Waals surface area contributed by atoms with E-state index in [1.165, 1.54) is 12.1 Å². The normalized spacial score (nSPS) is 16.2. The zero-order valence-electron chi connectivity index (χ0n) is 23.9. The van der Waals surface area contributed by atoms with Crippen LogP contribution in [0.3, 0.4) is 0 Å². The summed E-state index contributed by atoms with van der Waals surface area (Å²) in [5.74, 6) is -1.80. The predicted molar refractivity (Wildman–Crippen MR) is 153 cm³/mol. The van der Waals surface area contributed by atoms with Gasteiger partial charge in [0.05, 0.1) is 17.6 Å². The number of hydrogen-bond acceptors (Lipinski definition) is 7. The van der Waals surface area contributed by atoms with Crippen LogP contribution in [0.15, 0.2) is 48.8 Å². The highest BCUT2D eigenvalue weighted by Crippen LogP contribution is 2.48. The van der Waals surface area contributed by atoms with Crippen LogP contribution in [0, 0.1) is 11.6 Å². The molecule has 0 saturated carbocycles. The second-order valence-corrected chi connectivity index (χ2v) is 11.1. The van der Waals surface area contributed by atoms with Crippen LogP contribution in [-0.2, 0) is 6.18 Å². The van der Waals surface area contributed by atoms with Crippen molar-refractivity contribution < 1.29 is 26.7 Å². The molecule has 0 atom stereocenters. The molecule has 3 aromatic rings. The van der Waals surface area contributed by atoms with E-state index in [2.05, 4.69) is 26.8 Å². The van der Waals surface area contributed by atoms with Crippen molar-refractivity contribution >= 4 is 23.0 Å². The van der Waals surface area contributed by atoms with E-state index < -0.39 is 23.4 Å². The summed E-state index contributed by atoms with van der Waals surface area (Å²) >= 11 is 0. The van der Waals surface area contributed by atoms with Crippen LogP contribution in [0.25, 0.3) is 11.3 Å². The Morgan fingerprint density at radius 2 is 1.76 bits per heavy atom. The Labute approximate surface area is 241 Å². The number of nitrogens with zero attached hydrogens (tertiary/aromatic N) is 5. The zero-order valence-corrected chi connectivity index (χ0v) is 23.9. The molecule has 1 fully saturated rings. The Hall–Kier alpha value is -3.93. The van der Waals surface area contributed by atoms with Crippen LogP contribution in [0.5, 0.6) is 5.75 Å². The van der Waals surface area contributed by atoms with Gasteiger partial charge in [-0.05, 0) is 71.1 Å². The number of alkyl halides is 3. The molecule has 1 aromatic heterocycles. The van der Waals surface area contributed by atoms with Crippen LogP contribution in [0.2, 0.25) is 0 Å². The molecule has 0 amide bonds. The summed E-state index contributed by atoms with van der Waals surface area (Å²) in [6.07, 6.45) is -2.06. The molecule has 2 aliphatic heterocycles. The molecule has 0 unspecified atom stereocenters. The Morgan fingerprint density at radius 3 is 2.38 bits per heavy atom. The number of benzene rings is 2. The molecular weight excluding hydrogens is 555 g/mol. The van der Waals surface area contributed by atoms with Gasteiger partial charge in [0, 0.05) is 42.1 Å². The van der Waals surface area contributed by atoms with Crippen molar-refractivity contribution in [1.29, 1.82) is 0 Å². The first-order valence-electron chi connectivity index (χ1n) is 13.7. The highest BCUT2D eigenvalue weighted by Gasteiger charge is 2.39. The largest absolute Gasteiger partial charge is 0.485 e. The van der Waals surface area contributed by atoms with Crippen LogP contribution in [-0.4, -0.2) is 60.7 Å². The minimum atomic E-state index is -4.77. The van der Waals surface area contributed by atoms with Crippen molar-refractivity contribution in [3.63, 3.8) is 0 Å². The predicted octanol–water partition coefficient (Wildman–Crippen LogP) is 6.84. The monoisotopic (exact) mass is 588 g/mol. The SMILES string of the molecule is C=C1COc2c(cc(-c3nc(Nc4ccc(N5CCC(N(C)C)CC5)c(F)c4)ncc3F)cc2C(F)(F)F)N1C(C)C. The molecule has 7 nitrogen and oxygen atoms in total. The molecule has 0 bridgehead atoms. The maximum atomic E-state index is 15.1. The van der Waals surface area contributed by atoms with Crippen LogP contribution in [0.1, 0.15) is 32.3 Å². The fourth-order valence-electron chi connectivity index (χ4n) is 5.55. The number of halogens is 5. The molecule has 2 aromatic carbocycles. The van der Waals surface area contributed by atoms with Gasteiger partial charge in [0.25, 0.3) is 0 Å². The third-order valence-electron chi connectivity index (χ3n) is 7.63. The first kappa shape index (κ1) is 29.6. The lowest BCUT2D eigenvalue weighted by molar-refractivity contribution is -0.138. The first-order valence-corrected chi connectivity index (χ1v) is 13.7. The summed E-state index contributed by atoms with van der Waals surface area (Å²) in [6, 6.07) is 7.05. The summed E-state index contributed by atoms with van der Waals surface area (Å²) in [4.78, 5) is 13.9. The number of fused-ring (bicyclic) bond motifs is 1. The van der Waals surface area contributed by atoms with E-state index in [1.54, 1.807) is 17.0 Å². The molecule has 0 radical (unpaired) electrons. The van der Waals surface area contributed by atoms with Crippen molar-refractivity contribution in [2.75, 3.05) is 48.9 Å². The molecule has 12 heteroatoms. The van der Waals surface area contributed by atoms with E-state index in [4.69, 9.17) is 4.74 Å². The van der Waals surface area contributed by atoms with Crippen molar-refractivity contribution in [3.8, 4) is 17.0 Å². The van der Waals surface area contributed by atoms with Gasteiger partial charge in [0.15, 0.2) is 11.6 Å². The molecule has 5 rings (SSSR count). The lowest BCUT2D eigenvalue weighted by Crippen LogP contribution is -2.42. The van der Waals surface area contributed by atoms with Gasteiger partial charge in [-0.15, -0.1) is 0 Å². The lowest BCUT2D eigenvalue weighted by Gasteiger charge is -2.37. The number of rotatable bonds is 6. The third-order valence-corrected chi connectivity index (χ3v) is 7.63. The Morgan fingerprint density at radius 1 is 1.05 bits per heavy atom. The Bertz CT molecular complexity index is 1480. The second-order valence-electron chi connectivity index (χ2n) is 11.1. The third kappa shape index (κ3) is 5.85. The molecule has 1 saturated heterocycles. The van der Waals surface area contributed by atoms with Gasteiger partial charge in [-0.25, -0.2) is 18.7 Å². The number of aromatic nitrogens is 2. The van der Waals surface area contributed by atoms with Gasteiger partial charge in [0.2, 0.25) is 5.95 Å². The van der Waals surface area contributed by atoms with E-state index in [0.717, 1.165) is 38.2 Å². The highest BCUT2D eigenvalue weighted by atomic mass is 19.4. The number of anilines is 4. The highest BCUT2D eigenvalue weighted by molar-refractivity contribution is 5.77. The number of piperidine rings is 1. The number of ether oxygens (including phenoxy) is 1. The van der Waals surface area contributed by atoms with E-state index in [0.29, 0.717) is 23.1 Å². The van der Waals surface area contributed by atoms with Crippen molar-refractivity contribution in [1.82, 2.24) is 14.9 Å². The molecule has 1 N–H and O–H groups in total. The summed E-state index contributed by atoms with van der Waals surface area (Å²) < 4.78 is 78.0. The average Bonchev–Trinajstić information content (AvgIpc) is 2.92. The minimum Gasteiger partial charge on any atom is -0.485 e. The van der Waals surface area contributed by atoms with Gasteiger partial charge in [-0.1, -0.05) is 6.58 Å². The molecular formula is C30H33F5N6O. The maximum Gasteiger partial charge on any atom is 0.420 e. The molecule has 2 aliphatic rings. The second kappa shape index (κ2) is 11.4. The Kier molecular flexibility index (Phi) is 8.02. The maximum absolute atomic E-state index is 15.1. The lowest BCUT2D eigenvalue weighted by atomic mass is 10.0. The van der Waals surface area contributed by atoms with Gasteiger partial charge in [-0.3, -0.25) is 0 Å². The van der Waals surface area contributed by atoms with E-state index in [-0.39, 0.29) is 41.3 Å². The fraction of sp³-hybridized carbons (Fsp3) is 0.400. The van der Waals surface area contributed by atoms with Crippen LogP contribution < -0.4 is 19.9 Å². The van der Waals surface area contributed by atoms with Gasteiger partial charge in [0.1, 0.15) is 23.7 Å². The first-order chi connectivity index (χ1) is 19.8. The minimum absolute atomic E-state index is 0.0991. The molecule has 0 aliphatic carbocycles. The van der Waals surface area contributed by atoms with Gasteiger partial charge < -0.3 is 24.8 Å². The van der Waals surface area contributed by atoms with Crippen LogP contribution in [0.4, 0.5) is 45.0 Å². The van der Waals surface area contributed by atoms with Crippen molar-refractivity contribution in [2.45, 2.75) is 44.9 Å². The topological polar surface area (TPSA) is 56.8 Å². The number of nitrogens with one attached hydrogen (secondary N) is 1.